The molecule has 1 unspecified atom stereocenters. The quantitative estimate of drug-likeness (QED) is 0.797. The van der Waals surface area contributed by atoms with Crippen LogP contribution in [0.5, 0.6) is 0 Å². The first kappa shape index (κ1) is 14.7. The molecule has 0 aromatic carbocycles. The van der Waals surface area contributed by atoms with Gasteiger partial charge in [0.25, 0.3) is 5.91 Å². The zero-order valence-corrected chi connectivity index (χ0v) is 11.3. The monoisotopic (exact) mass is 255 g/mol. The van der Waals surface area contributed by atoms with Crippen LogP contribution in [-0.2, 0) is 10.3 Å². The molecule has 0 bridgehead atoms. The number of rotatable bonds is 5. The Hall–Kier alpha value is -1.40. The van der Waals surface area contributed by atoms with Crippen LogP contribution in [0.2, 0.25) is 0 Å². The van der Waals surface area contributed by atoms with Crippen LogP contribution in [0, 0.1) is 0 Å². The Morgan fingerprint density at radius 2 is 2.28 bits per heavy atom. The molecule has 1 atom stereocenters. The molecule has 2 N–H and O–H groups in total. The molecule has 6 nitrogen and oxygen atoms in total. The van der Waals surface area contributed by atoms with Crippen molar-refractivity contribution in [2.24, 2.45) is 0 Å². The van der Waals surface area contributed by atoms with E-state index in [-0.39, 0.29) is 24.6 Å². The Morgan fingerprint density at radius 3 is 2.78 bits per heavy atom. The summed E-state index contributed by atoms with van der Waals surface area (Å²) in [6.07, 6.45) is 2.51. The van der Waals surface area contributed by atoms with Crippen molar-refractivity contribution in [1.29, 1.82) is 0 Å². The van der Waals surface area contributed by atoms with Gasteiger partial charge in [0.2, 0.25) is 0 Å². The summed E-state index contributed by atoms with van der Waals surface area (Å²) in [5.41, 5.74) is 0.322. The van der Waals surface area contributed by atoms with Crippen molar-refractivity contribution in [1.82, 2.24) is 15.1 Å². The van der Waals surface area contributed by atoms with Crippen molar-refractivity contribution in [2.45, 2.75) is 32.4 Å². The number of methoxy groups -OCH3 is 1. The van der Waals surface area contributed by atoms with Crippen molar-refractivity contribution in [3.8, 4) is 0 Å². The van der Waals surface area contributed by atoms with E-state index in [1.807, 2.05) is 20.8 Å². The second-order valence-corrected chi connectivity index (χ2v) is 5.16. The summed E-state index contributed by atoms with van der Waals surface area (Å²) in [6, 6.07) is 0. The first-order chi connectivity index (χ1) is 8.34. The topological polar surface area (TPSA) is 76.4 Å². The van der Waals surface area contributed by atoms with Gasteiger partial charge in [0.05, 0.1) is 30.0 Å². The first-order valence-corrected chi connectivity index (χ1v) is 5.85. The Bertz CT molecular complexity index is 396. The number of ether oxygens (including phenoxy) is 1. The number of nitrogens with zero attached hydrogens (tertiary/aromatic N) is 2. The molecule has 102 valence electrons. The van der Waals surface area contributed by atoms with Gasteiger partial charge >= 0.3 is 0 Å². The summed E-state index contributed by atoms with van der Waals surface area (Å²) < 4.78 is 6.50. The second kappa shape index (κ2) is 5.97. The molecule has 0 fully saturated rings. The van der Waals surface area contributed by atoms with Gasteiger partial charge in [-0.2, -0.15) is 5.10 Å². The van der Waals surface area contributed by atoms with Gasteiger partial charge in [0, 0.05) is 19.9 Å². The standard InChI is InChI=1S/C12H21N3O3/c1-12(2,3)15-7-9(5-14-15)11(17)13-6-10(16)8-18-4/h5,7,10,16H,6,8H2,1-4H3,(H,13,17). The minimum Gasteiger partial charge on any atom is -0.389 e. The Labute approximate surface area is 107 Å². The number of aliphatic hydroxyl groups excluding tert-OH is 1. The van der Waals surface area contributed by atoms with Crippen molar-refractivity contribution in [2.75, 3.05) is 20.3 Å². The number of aliphatic hydroxyl groups is 1. The maximum Gasteiger partial charge on any atom is 0.254 e. The third-order valence-electron chi connectivity index (χ3n) is 2.39. The molecule has 1 aromatic heterocycles. The highest BCUT2D eigenvalue weighted by Gasteiger charge is 2.17. The Morgan fingerprint density at radius 1 is 1.61 bits per heavy atom. The molecule has 1 rings (SSSR count). The van der Waals surface area contributed by atoms with Gasteiger partial charge in [-0.3, -0.25) is 9.48 Å². The molecule has 0 spiro atoms. The predicted octanol–water partition coefficient (Wildman–Crippen LogP) is 0.375. The zero-order chi connectivity index (χ0) is 13.8. The van der Waals surface area contributed by atoms with E-state index in [4.69, 9.17) is 4.74 Å². The lowest BCUT2D eigenvalue weighted by molar-refractivity contribution is 0.0610. The molecule has 0 saturated carbocycles. The normalized spacial score (nSPS) is 13.4. The summed E-state index contributed by atoms with van der Waals surface area (Å²) in [4.78, 5) is 11.8. The van der Waals surface area contributed by atoms with Crippen molar-refractivity contribution in [3.05, 3.63) is 18.0 Å². The van der Waals surface area contributed by atoms with E-state index in [2.05, 4.69) is 10.4 Å². The maximum atomic E-state index is 11.8. The molecule has 6 heteroatoms. The minimum atomic E-state index is -0.698. The van der Waals surface area contributed by atoms with E-state index >= 15 is 0 Å². The van der Waals surface area contributed by atoms with Gasteiger partial charge in [-0.15, -0.1) is 0 Å². The van der Waals surface area contributed by atoms with Crippen LogP contribution in [-0.4, -0.2) is 47.2 Å². The van der Waals surface area contributed by atoms with Crippen LogP contribution in [0.4, 0.5) is 0 Å². The molecule has 0 aliphatic carbocycles. The summed E-state index contributed by atoms with van der Waals surface area (Å²) in [5.74, 6) is -0.249. The molecular formula is C12H21N3O3. The molecule has 0 saturated heterocycles. The minimum absolute atomic E-state index is 0.159. The van der Waals surface area contributed by atoms with Crippen LogP contribution in [0.1, 0.15) is 31.1 Å². The lowest BCUT2D eigenvalue weighted by Crippen LogP contribution is -2.34. The van der Waals surface area contributed by atoms with Gasteiger partial charge in [0.15, 0.2) is 0 Å². The van der Waals surface area contributed by atoms with Crippen LogP contribution in [0.3, 0.4) is 0 Å². The van der Waals surface area contributed by atoms with E-state index in [9.17, 15) is 9.90 Å². The molecule has 0 radical (unpaired) electrons. The SMILES string of the molecule is COCC(O)CNC(=O)c1cnn(C(C)(C)C)c1. The lowest BCUT2D eigenvalue weighted by atomic mass is 10.1. The fourth-order valence-electron chi connectivity index (χ4n) is 1.37. The number of hydrogen-bond donors (Lipinski definition) is 2. The van der Waals surface area contributed by atoms with E-state index in [1.165, 1.54) is 13.3 Å². The number of nitrogens with one attached hydrogen (secondary N) is 1. The third-order valence-corrected chi connectivity index (χ3v) is 2.39. The van der Waals surface area contributed by atoms with E-state index in [0.29, 0.717) is 5.56 Å². The molecule has 0 aliphatic rings. The molecule has 1 amide bonds. The largest absolute Gasteiger partial charge is 0.389 e. The molecule has 1 heterocycles. The van der Waals surface area contributed by atoms with Crippen molar-refractivity contribution >= 4 is 5.91 Å². The number of carbonyl (C=O) groups excluding carboxylic acids is 1. The third kappa shape index (κ3) is 4.12. The highest BCUT2D eigenvalue weighted by Crippen LogP contribution is 2.12. The summed E-state index contributed by atoms with van der Waals surface area (Å²) >= 11 is 0. The fraction of sp³-hybridized carbons (Fsp3) is 0.667. The maximum absolute atomic E-state index is 11.8. The smallest absolute Gasteiger partial charge is 0.254 e. The van der Waals surface area contributed by atoms with Gasteiger partial charge in [-0.05, 0) is 20.8 Å². The van der Waals surface area contributed by atoms with E-state index < -0.39 is 6.10 Å². The second-order valence-electron chi connectivity index (χ2n) is 5.16. The number of amides is 1. The molecule has 0 aliphatic heterocycles. The van der Waals surface area contributed by atoms with Crippen LogP contribution in [0.15, 0.2) is 12.4 Å². The highest BCUT2D eigenvalue weighted by atomic mass is 16.5. The van der Waals surface area contributed by atoms with Crippen molar-refractivity contribution < 1.29 is 14.6 Å². The molecule has 18 heavy (non-hydrogen) atoms. The summed E-state index contributed by atoms with van der Waals surface area (Å²) in [7, 11) is 1.50. The van der Waals surface area contributed by atoms with Crippen LogP contribution < -0.4 is 5.32 Å². The Balaban J connectivity index is 2.55. The average molecular weight is 255 g/mol. The van der Waals surface area contributed by atoms with E-state index in [0.717, 1.165) is 0 Å². The van der Waals surface area contributed by atoms with Gasteiger partial charge in [-0.1, -0.05) is 0 Å². The lowest BCUT2D eigenvalue weighted by Gasteiger charge is -2.18. The van der Waals surface area contributed by atoms with Gasteiger partial charge in [0.1, 0.15) is 0 Å². The molecule has 1 aromatic rings. The zero-order valence-electron chi connectivity index (χ0n) is 11.3. The highest BCUT2D eigenvalue weighted by molar-refractivity contribution is 5.93. The first-order valence-electron chi connectivity index (χ1n) is 5.85. The number of aromatic nitrogens is 2. The number of hydrogen-bond acceptors (Lipinski definition) is 4. The van der Waals surface area contributed by atoms with Crippen LogP contribution in [0.25, 0.3) is 0 Å². The van der Waals surface area contributed by atoms with Crippen molar-refractivity contribution in [3.63, 3.8) is 0 Å². The predicted molar refractivity (Wildman–Crippen MR) is 67.4 cm³/mol. The van der Waals surface area contributed by atoms with E-state index in [1.54, 1.807) is 10.9 Å². The fourth-order valence-corrected chi connectivity index (χ4v) is 1.37. The van der Waals surface area contributed by atoms with Crippen LogP contribution >= 0.6 is 0 Å². The van der Waals surface area contributed by atoms with Gasteiger partial charge < -0.3 is 15.2 Å². The summed E-state index contributed by atoms with van der Waals surface area (Å²) in [5, 5.41) is 16.2. The average Bonchev–Trinajstić information content (AvgIpc) is 2.75. The Kier molecular flexibility index (Phi) is 4.86. The molecular weight excluding hydrogens is 234 g/mol. The summed E-state index contributed by atoms with van der Waals surface area (Å²) in [6.45, 7) is 6.37. The van der Waals surface area contributed by atoms with Gasteiger partial charge in [-0.25, -0.2) is 0 Å². The number of carbonyl (C=O) groups is 1.